The Labute approximate surface area is 181 Å². The second-order valence-corrected chi connectivity index (χ2v) is 8.01. The number of piperidine rings is 1. The van der Waals surface area contributed by atoms with Crippen molar-refractivity contribution in [2.75, 3.05) is 19.7 Å². The summed E-state index contributed by atoms with van der Waals surface area (Å²) in [7, 11) is 0. The molecule has 2 aromatic carbocycles. The van der Waals surface area contributed by atoms with E-state index in [1.807, 2.05) is 41.4 Å². The van der Waals surface area contributed by atoms with E-state index in [4.69, 9.17) is 4.74 Å². The minimum Gasteiger partial charge on any atom is -0.466 e. The van der Waals surface area contributed by atoms with Crippen molar-refractivity contribution in [2.45, 2.75) is 32.1 Å². The molecule has 1 fully saturated rings. The second kappa shape index (κ2) is 9.33. The lowest BCUT2D eigenvalue weighted by Gasteiger charge is -2.32. The van der Waals surface area contributed by atoms with Crippen molar-refractivity contribution in [3.63, 3.8) is 0 Å². The maximum atomic E-state index is 14.0. The summed E-state index contributed by atoms with van der Waals surface area (Å²) in [5.41, 5.74) is 2.75. The number of nitrogens with zero attached hydrogens (tertiary/aromatic N) is 1. The van der Waals surface area contributed by atoms with Crippen LogP contribution in [0.3, 0.4) is 0 Å². The molecule has 5 nitrogen and oxygen atoms in total. The number of carbonyl (C=O) groups is 2. The summed E-state index contributed by atoms with van der Waals surface area (Å²) in [4.78, 5) is 30.3. The summed E-state index contributed by atoms with van der Waals surface area (Å²) >= 11 is 0. The van der Waals surface area contributed by atoms with Crippen LogP contribution in [0.1, 0.15) is 43.2 Å². The van der Waals surface area contributed by atoms with E-state index in [9.17, 15) is 14.0 Å². The monoisotopic (exact) mass is 422 g/mol. The van der Waals surface area contributed by atoms with Gasteiger partial charge in [0.05, 0.1) is 12.5 Å². The number of benzene rings is 2. The van der Waals surface area contributed by atoms with Gasteiger partial charge in [-0.05, 0) is 49.1 Å². The highest BCUT2D eigenvalue weighted by Gasteiger charge is 2.30. The van der Waals surface area contributed by atoms with Crippen molar-refractivity contribution in [1.29, 1.82) is 0 Å². The highest BCUT2D eigenvalue weighted by atomic mass is 19.1. The zero-order valence-corrected chi connectivity index (χ0v) is 17.6. The van der Waals surface area contributed by atoms with Crippen molar-refractivity contribution in [3.8, 4) is 0 Å². The van der Waals surface area contributed by atoms with Crippen LogP contribution in [0.25, 0.3) is 10.9 Å². The van der Waals surface area contributed by atoms with Gasteiger partial charge in [-0.25, -0.2) is 4.39 Å². The predicted molar refractivity (Wildman–Crippen MR) is 117 cm³/mol. The van der Waals surface area contributed by atoms with Gasteiger partial charge in [-0.1, -0.05) is 30.3 Å². The summed E-state index contributed by atoms with van der Waals surface area (Å²) in [6.07, 6.45) is 3.39. The van der Waals surface area contributed by atoms with Gasteiger partial charge >= 0.3 is 5.97 Å². The number of hydrogen-bond acceptors (Lipinski definition) is 3. The van der Waals surface area contributed by atoms with Crippen molar-refractivity contribution >= 4 is 22.8 Å². The molecule has 162 valence electrons. The molecule has 0 saturated carbocycles. The summed E-state index contributed by atoms with van der Waals surface area (Å²) in [6, 6.07) is 14.4. The summed E-state index contributed by atoms with van der Waals surface area (Å²) in [5.74, 6) is -0.878. The van der Waals surface area contributed by atoms with Crippen molar-refractivity contribution in [1.82, 2.24) is 9.88 Å². The average Bonchev–Trinajstić information content (AvgIpc) is 3.21. The number of hydrogen-bond donors (Lipinski definition) is 1. The molecule has 0 radical (unpaired) electrons. The smallest absolute Gasteiger partial charge is 0.309 e. The molecule has 1 amide bonds. The molecule has 3 aromatic rings. The van der Waals surface area contributed by atoms with Gasteiger partial charge in [0.15, 0.2) is 0 Å². The summed E-state index contributed by atoms with van der Waals surface area (Å²) in [5, 5.41) is 1.03. The minimum atomic E-state index is -0.315. The Bertz CT molecular complexity index is 1070. The quantitative estimate of drug-likeness (QED) is 0.589. The molecular formula is C25H27FN2O3. The first-order valence-corrected chi connectivity index (χ1v) is 10.8. The fraction of sp³-hybridized carbons (Fsp3) is 0.360. The van der Waals surface area contributed by atoms with Crippen LogP contribution >= 0.6 is 0 Å². The molecule has 1 saturated heterocycles. The van der Waals surface area contributed by atoms with Crippen molar-refractivity contribution in [3.05, 3.63) is 71.7 Å². The van der Waals surface area contributed by atoms with E-state index in [1.165, 1.54) is 12.1 Å². The molecule has 1 aliphatic heterocycles. The molecule has 0 aliphatic carbocycles. The number of fused-ring (bicyclic) bond motifs is 1. The molecule has 6 heteroatoms. The molecule has 0 spiro atoms. The van der Waals surface area contributed by atoms with Gasteiger partial charge in [0.2, 0.25) is 5.91 Å². The number of para-hydroxylation sites is 1. The first-order chi connectivity index (χ1) is 15.1. The first kappa shape index (κ1) is 21.1. The number of carbonyl (C=O) groups excluding carboxylic acids is 2. The summed E-state index contributed by atoms with van der Waals surface area (Å²) < 4.78 is 19.1. The molecule has 1 aromatic heterocycles. The van der Waals surface area contributed by atoms with Gasteiger partial charge in [0.25, 0.3) is 0 Å². The van der Waals surface area contributed by atoms with Crippen LogP contribution in [-0.2, 0) is 14.3 Å². The zero-order chi connectivity index (χ0) is 21.8. The van der Waals surface area contributed by atoms with E-state index in [1.54, 1.807) is 13.0 Å². The highest BCUT2D eigenvalue weighted by molar-refractivity contribution is 5.86. The van der Waals surface area contributed by atoms with Crippen LogP contribution in [0.2, 0.25) is 0 Å². The average molecular weight is 423 g/mol. The molecule has 0 unspecified atom stereocenters. The number of likely N-dealkylation sites (tertiary alicyclic amines) is 1. The lowest BCUT2D eigenvalue weighted by atomic mass is 9.87. The maximum absolute atomic E-state index is 14.0. The third-order valence-corrected chi connectivity index (χ3v) is 6.09. The topological polar surface area (TPSA) is 62.4 Å². The molecule has 31 heavy (non-hydrogen) atoms. The maximum Gasteiger partial charge on any atom is 0.309 e. The Morgan fingerprint density at radius 2 is 1.94 bits per heavy atom. The first-order valence-electron chi connectivity index (χ1n) is 10.8. The Hall–Kier alpha value is -3.15. The van der Waals surface area contributed by atoms with Gasteiger partial charge in [0.1, 0.15) is 5.82 Å². The summed E-state index contributed by atoms with van der Waals surface area (Å²) in [6.45, 7) is 3.24. The van der Waals surface area contributed by atoms with E-state index >= 15 is 0 Å². The standard InChI is InChI=1S/C25H27FN2O3/c1-2-31-25(30)17-10-12-28(13-11-17)24(29)15-21(18-6-5-7-19(26)14-18)22-16-27-23-9-4-3-8-20(22)23/h3-9,14,16-17,21,27H,2,10-13,15H2,1H3/t21-/m0/s1. The zero-order valence-electron chi connectivity index (χ0n) is 17.6. The number of aromatic amines is 1. The van der Waals surface area contributed by atoms with E-state index in [2.05, 4.69) is 4.98 Å². The Balaban J connectivity index is 1.55. The van der Waals surface area contributed by atoms with Gasteiger partial charge in [-0.2, -0.15) is 0 Å². The van der Waals surface area contributed by atoms with Gasteiger partial charge in [0, 0.05) is 42.5 Å². The Morgan fingerprint density at radius 1 is 1.16 bits per heavy atom. The van der Waals surface area contributed by atoms with E-state index in [-0.39, 0.29) is 36.0 Å². The molecule has 4 rings (SSSR count). The van der Waals surface area contributed by atoms with Crippen LogP contribution in [0.15, 0.2) is 54.7 Å². The van der Waals surface area contributed by atoms with Crippen LogP contribution in [-0.4, -0.2) is 41.5 Å². The van der Waals surface area contributed by atoms with E-state index in [0.29, 0.717) is 32.5 Å². The van der Waals surface area contributed by atoms with Gasteiger partial charge in [-0.15, -0.1) is 0 Å². The third kappa shape index (κ3) is 4.63. The largest absolute Gasteiger partial charge is 0.466 e. The fourth-order valence-electron chi connectivity index (χ4n) is 4.44. The van der Waals surface area contributed by atoms with Gasteiger partial charge in [-0.3, -0.25) is 9.59 Å². The number of esters is 1. The lowest BCUT2D eigenvalue weighted by Crippen LogP contribution is -2.41. The van der Waals surface area contributed by atoms with E-state index in [0.717, 1.165) is 22.0 Å². The predicted octanol–water partition coefficient (Wildman–Crippen LogP) is 4.63. The van der Waals surface area contributed by atoms with Crippen molar-refractivity contribution in [2.24, 2.45) is 5.92 Å². The number of aromatic nitrogens is 1. The second-order valence-electron chi connectivity index (χ2n) is 8.01. The fourth-order valence-corrected chi connectivity index (χ4v) is 4.44. The number of H-pyrrole nitrogens is 1. The van der Waals surface area contributed by atoms with Gasteiger partial charge < -0.3 is 14.6 Å². The number of nitrogens with one attached hydrogen (secondary N) is 1. The normalized spacial score (nSPS) is 15.7. The van der Waals surface area contributed by atoms with Crippen LogP contribution in [0.4, 0.5) is 4.39 Å². The lowest BCUT2D eigenvalue weighted by molar-refractivity contribution is -0.151. The molecule has 1 aliphatic rings. The number of rotatable bonds is 6. The van der Waals surface area contributed by atoms with Crippen LogP contribution < -0.4 is 0 Å². The number of ether oxygens (including phenoxy) is 1. The molecule has 1 N–H and O–H groups in total. The number of halogens is 1. The molecular weight excluding hydrogens is 395 g/mol. The Morgan fingerprint density at radius 3 is 2.68 bits per heavy atom. The highest BCUT2D eigenvalue weighted by Crippen LogP contribution is 2.34. The molecule has 2 heterocycles. The minimum absolute atomic E-state index is 0.0156. The van der Waals surface area contributed by atoms with Crippen LogP contribution in [0.5, 0.6) is 0 Å². The van der Waals surface area contributed by atoms with Crippen molar-refractivity contribution < 1.29 is 18.7 Å². The third-order valence-electron chi connectivity index (χ3n) is 6.09. The number of amides is 1. The molecule has 1 atom stereocenters. The SMILES string of the molecule is CCOC(=O)C1CCN(C(=O)C[C@@H](c2cccc(F)c2)c2c[nH]c3ccccc23)CC1. The Kier molecular flexibility index (Phi) is 6.35. The van der Waals surface area contributed by atoms with E-state index < -0.39 is 0 Å². The molecule has 0 bridgehead atoms. The van der Waals surface area contributed by atoms with Crippen LogP contribution in [0, 0.1) is 11.7 Å².